The second-order valence-electron chi connectivity index (χ2n) is 3.65. The second kappa shape index (κ2) is 6.36. The number of hydrogen-bond donors (Lipinski definition) is 0. The van der Waals surface area contributed by atoms with Gasteiger partial charge in [-0.3, -0.25) is 0 Å². The van der Waals surface area contributed by atoms with E-state index in [-0.39, 0.29) is 0 Å². The molecule has 0 N–H and O–H groups in total. The molecule has 0 fully saturated rings. The van der Waals surface area contributed by atoms with E-state index in [1.165, 1.54) is 0 Å². The van der Waals surface area contributed by atoms with Gasteiger partial charge in [-0.05, 0) is 36.4 Å². The van der Waals surface area contributed by atoms with Gasteiger partial charge < -0.3 is 4.57 Å². The maximum absolute atomic E-state index is 12.6. The van der Waals surface area contributed by atoms with Crippen LogP contribution in [0.4, 0.5) is 0 Å². The number of rotatable bonds is 2. The van der Waals surface area contributed by atoms with Gasteiger partial charge in [0.1, 0.15) is 7.80 Å². The van der Waals surface area contributed by atoms with Gasteiger partial charge in [-0.1, -0.05) is 63.7 Å². The third-order valence-electron chi connectivity index (χ3n) is 2.25. The van der Waals surface area contributed by atoms with Gasteiger partial charge in [-0.15, -0.1) is 0 Å². The van der Waals surface area contributed by atoms with Crippen LogP contribution in [0.5, 0.6) is 0 Å². The van der Waals surface area contributed by atoms with Gasteiger partial charge in [0.2, 0.25) is 0 Å². The first-order valence-corrected chi connectivity index (χ1v) is 9.50. The monoisotopic (exact) mass is 514 g/mol. The van der Waals surface area contributed by atoms with Gasteiger partial charge in [0.05, 0.1) is 0 Å². The molecule has 0 heterocycles. The molecule has 2 aromatic rings. The van der Waals surface area contributed by atoms with Crippen LogP contribution in [-0.4, -0.2) is 0 Å². The molecule has 0 radical (unpaired) electrons. The number of hydrogen-bond acceptors (Lipinski definition) is 1. The Balaban J connectivity index is 2.47. The third-order valence-corrected chi connectivity index (χ3v) is 5.71. The SMILES string of the molecule is O=[PH](c1cc(Br)cc(Br)c1)c1cc(Br)cc(Br)c1. The maximum atomic E-state index is 12.6. The first kappa shape index (κ1) is 15.0. The highest BCUT2D eigenvalue weighted by Gasteiger charge is 2.10. The predicted octanol–water partition coefficient (Wildman–Crippen LogP) is 5.25. The van der Waals surface area contributed by atoms with E-state index < -0.39 is 7.80 Å². The summed E-state index contributed by atoms with van der Waals surface area (Å²) < 4.78 is 16.2. The molecule has 0 amide bonds. The fourth-order valence-corrected chi connectivity index (χ4v) is 6.45. The molecular weight excluding hydrogens is 511 g/mol. The zero-order valence-corrected chi connectivity index (χ0v) is 16.2. The van der Waals surface area contributed by atoms with Gasteiger partial charge in [0.15, 0.2) is 0 Å². The molecule has 2 rings (SSSR count). The van der Waals surface area contributed by atoms with Crippen molar-refractivity contribution in [3.63, 3.8) is 0 Å². The van der Waals surface area contributed by atoms with Gasteiger partial charge in [-0.25, -0.2) is 0 Å². The van der Waals surface area contributed by atoms with Gasteiger partial charge in [-0.2, -0.15) is 0 Å². The molecule has 0 aliphatic heterocycles. The van der Waals surface area contributed by atoms with E-state index >= 15 is 0 Å². The third kappa shape index (κ3) is 3.80. The molecular formula is C12H7Br4OP. The molecule has 2 aromatic carbocycles. The molecule has 0 aliphatic rings. The lowest BCUT2D eigenvalue weighted by molar-refractivity contribution is 0.598. The van der Waals surface area contributed by atoms with Gasteiger partial charge in [0, 0.05) is 28.5 Å². The van der Waals surface area contributed by atoms with E-state index in [0.29, 0.717) is 0 Å². The van der Waals surface area contributed by atoms with E-state index in [1.807, 2.05) is 36.4 Å². The lowest BCUT2D eigenvalue weighted by atomic mass is 10.4. The minimum absolute atomic E-state index is 0.825. The quantitative estimate of drug-likeness (QED) is 0.498. The first-order valence-electron chi connectivity index (χ1n) is 4.92. The molecule has 0 aliphatic carbocycles. The fraction of sp³-hybridized carbons (Fsp3) is 0. The predicted molar refractivity (Wildman–Crippen MR) is 92.0 cm³/mol. The molecule has 0 aromatic heterocycles. The van der Waals surface area contributed by atoms with Crippen LogP contribution in [0.15, 0.2) is 54.3 Å². The molecule has 0 unspecified atom stereocenters. The van der Waals surface area contributed by atoms with Crippen LogP contribution < -0.4 is 10.6 Å². The maximum Gasteiger partial charge on any atom is 0.132 e. The zero-order chi connectivity index (χ0) is 13.3. The van der Waals surface area contributed by atoms with Crippen molar-refractivity contribution in [2.45, 2.75) is 0 Å². The highest BCUT2D eigenvalue weighted by atomic mass is 79.9. The lowest BCUT2D eigenvalue weighted by Crippen LogP contribution is -2.07. The summed E-state index contributed by atoms with van der Waals surface area (Å²) in [7, 11) is -2.00. The second-order valence-corrected chi connectivity index (χ2v) is 9.12. The zero-order valence-electron chi connectivity index (χ0n) is 8.88. The van der Waals surface area contributed by atoms with Gasteiger partial charge in [0.25, 0.3) is 0 Å². The van der Waals surface area contributed by atoms with Crippen LogP contribution in [0, 0.1) is 0 Å². The van der Waals surface area contributed by atoms with Crippen molar-refractivity contribution in [3.8, 4) is 0 Å². The van der Waals surface area contributed by atoms with E-state index in [1.54, 1.807) is 0 Å². The lowest BCUT2D eigenvalue weighted by Gasteiger charge is -2.06. The van der Waals surface area contributed by atoms with E-state index in [0.717, 1.165) is 28.5 Å². The summed E-state index contributed by atoms with van der Waals surface area (Å²) in [4.78, 5) is 0. The van der Waals surface area contributed by atoms with Gasteiger partial charge >= 0.3 is 0 Å². The summed E-state index contributed by atoms with van der Waals surface area (Å²) in [5.74, 6) is 0. The van der Waals surface area contributed by atoms with Crippen molar-refractivity contribution >= 4 is 82.1 Å². The van der Waals surface area contributed by atoms with Crippen LogP contribution >= 0.6 is 71.5 Å². The van der Waals surface area contributed by atoms with E-state index in [4.69, 9.17) is 0 Å². The van der Waals surface area contributed by atoms with Crippen molar-refractivity contribution in [1.82, 2.24) is 0 Å². The molecule has 0 bridgehead atoms. The van der Waals surface area contributed by atoms with Crippen molar-refractivity contribution in [1.29, 1.82) is 0 Å². The minimum Gasteiger partial charge on any atom is -0.317 e. The fourth-order valence-electron chi connectivity index (χ4n) is 1.54. The summed E-state index contributed by atoms with van der Waals surface area (Å²) in [5, 5.41) is 1.65. The van der Waals surface area contributed by atoms with E-state index in [9.17, 15) is 4.57 Å². The van der Waals surface area contributed by atoms with Crippen LogP contribution in [0.2, 0.25) is 0 Å². The van der Waals surface area contributed by atoms with Crippen LogP contribution in [0.1, 0.15) is 0 Å². The molecule has 94 valence electrons. The summed E-state index contributed by atoms with van der Waals surface area (Å²) in [6.45, 7) is 0. The largest absolute Gasteiger partial charge is 0.317 e. The molecule has 0 spiro atoms. The molecule has 18 heavy (non-hydrogen) atoms. The van der Waals surface area contributed by atoms with Crippen molar-refractivity contribution in [3.05, 3.63) is 54.3 Å². The molecule has 6 heteroatoms. The molecule has 1 nitrogen and oxygen atoms in total. The summed E-state index contributed by atoms with van der Waals surface area (Å²) in [6, 6.07) is 11.4. The van der Waals surface area contributed by atoms with Crippen LogP contribution in [0.25, 0.3) is 0 Å². The summed E-state index contributed by atoms with van der Waals surface area (Å²) >= 11 is 13.6. The Bertz CT molecular complexity index is 533. The van der Waals surface area contributed by atoms with Crippen molar-refractivity contribution < 1.29 is 4.57 Å². The Kier molecular flexibility index (Phi) is 5.30. The number of halogens is 4. The summed E-state index contributed by atoms with van der Waals surface area (Å²) in [6.07, 6.45) is 0. The molecule has 0 atom stereocenters. The first-order chi connectivity index (χ1) is 8.45. The van der Waals surface area contributed by atoms with E-state index in [2.05, 4.69) is 63.7 Å². The van der Waals surface area contributed by atoms with Crippen LogP contribution in [-0.2, 0) is 4.57 Å². The van der Waals surface area contributed by atoms with Crippen LogP contribution in [0.3, 0.4) is 0 Å². The minimum atomic E-state index is -2.00. The average molecular weight is 518 g/mol. The normalized spacial score (nSPS) is 10.9. The molecule has 0 saturated heterocycles. The average Bonchev–Trinajstić information content (AvgIpc) is 2.25. The highest BCUT2D eigenvalue weighted by Crippen LogP contribution is 2.27. The van der Waals surface area contributed by atoms with Crippen molar-refractivity contribution in [2.24, 2.45) is 0 Å². The Morgan fingerprint density at radius 1 is 0.611 bits per heavy atom. The number of benzene rings is 2. The Morgan fingerprint density at radius 2 is 0.889 bits per heavy atom. The highest BCUT2D eigenvalue weighted by molar-refractivity contribution is 9.11. The summed E-state index contributed by atoms with van der Waals surface area (Å²) in [5.41, 5.74) is 0. The standard InChI is InChI=1S/C12H7Br4OP/c13-7-1-8(14)4-11(3-7)18(17)12-5-9(15)2-10(16)6-12/h1-6,18H. The van der Waals surface area contributed by atoms with Crippen molar-refractivity contribution in [2.75, 3.05) is 0 Å². The Labute approximate surface area is 140 Å². The topological polar surface area (TPSA) is 17.1 Å². The smallest absolute Gasteiger partial charge is 0.132 e. The Morgan fingerprint density at radius 3 is 1.17 bits per heavy atom. The molecule has 0 saturated carbocycles. The Hall–Kier alpha value is 0.590.